The van der Waals surface area contributed by atoms with E-state index in [-0.39, 0.29) is 0 Å². The number of methoxy groups -OCH3 is 2. The van der Waals surface area contributed by atoms with Crippen LogP contribution in [0.15, 0.2) is 77.9 Å². The van der Waals surface area contributed by atoms with E-state index in [9.17, 15) is 9.90 Å². The lowest BCUT2D eigenvalue weighted by molar-refractivity contribution is -0.136. The van der Waals surface area contributed by atoms with Crippen molar-refractivity contribution in [1.29, 1.82) is 0 Å². The topological polar surface area (TPSA) is 89.4 Å². The SMILES string of the molecule is CCOc1c(OC)cc(/C=N\NC(=O)C(O)(c2ccccc2)c2ccccc2)cc1OC. The molecular weight excluding hydrogens is 408 g/mol. The molecule has 1 amide bonds. The summed E-state index contributed by atoms with van der Waals surface area (Å²) in [6, 6.07) is 20.9. The highest BCUT2D eigenvalue weighted by Gasteiger charge is 2.39. The molecular formula is C25H26N2O5. The number of carbonyl (C=O) groups excluding carboxylic acids is 1. The van der Waals surface area contributed by atoms with Gasteiger partial charge in [0.1, 0.15) is 0 Å². The third-order valence-electron chi connectivity index (χ3n) is 4.86. The van der Waals surface area contributed by atoms with Gasteiger partial charge in [0.05, 0.1) is 27.0 Å². The standard InChI is InChI=1S/C25H26N2O5/c1-4-32-23-21(30-2)15-18(16-22(23)31-3)17-26-27-24(28)25(29,19-11-7-5-8-12-19)20-13-9-6-10-14-20/h5-17,29H,4H2,1-3H3,(H,27,28)/b26-17-. The zero-order valence-electron chi connectivity index (χ0n) is 18.2. The molecule has 3 aromatic carbocycles. The van der Waals surface area contributed by atoms with Crippen LogP contribution in [0.25, 0.3) is 0 Å². The number of amides is 1. The Balaban J connectivity index is 1.89. The van der Waals surface area contributed by atoms with E-state index in [1.165, 1.54) is 20.4 Å². The van der Waals surface area contributed by atoms with Gasteiger partial charge in [-0.05, 0) is 30.2 Å². The van der Waals surface area contributed by atoms with Gasteiger partial charge in [0.25, 0.3) is 5.91 Å². The summed E-state index contributed by atoms with van der Waals surface area (Å²) in [5, 5.41) is 15.5. The summed E-state index contributed by atoms with van der Waals surface area (Å²) < 4.78 is 16.4. The summed E-state index contributed by atoms with van der Waals surface area (Å²) >= 11 is 0. The number of ether oxygens (including phenoxy) is 3. The van der Waals surface area contributed by atoms with Gasteiger partial charge in [0.2, 0.25) is 5.75 Å². The Bertz CT molecular complexity index is 1000. The normalized spacial score (nSPS) is 11.2. The molecule has 0 atom stereocenters. The average Bonchev–Trinajstić information content (AvgIpc) is 2.85. The summed E-state index contributed by atoms with van der Waals surface area (Å²) in [5.41, 5.74) is 2.03. The number of hydrogen-bond acceptors (Lipinski definition) is 6. The van der Waals surface area contributed by atoms with Crippen molar-refractivity contribution in [2.75, 3.05) is 20.8 Å². The summed E-state index contributed by atoms with van der Waals surface area (Å²) in [5.74, 6) is 0.755. The third-order valence-corrected chi connectivity index (χ3v) is 4.86. The quantitative estimate of drug-likeness (QED) is 0.398. The predicted molar refractivity (Wildman–Crippen MR) is 122 cm³/mol. The van der Waals surface area contributed by atoms with Gasteiger partial charge in [-0.2, -0.15) is 5.10 Å². The maximum absolute atomic E-state index is 13.1. The van der Waals surface area contributed by atoms with E-state index >= 15 is 0 Å². The zero-order chi connectivity index (χ0) is 23.0. The maximum Gasteiger partial charge on any atom is 0.281 e. The molecule has 0 spiro atoms. The number of carbonyl (C=O) groups is 1. The lowest BCUT2D eigenvalue weighted by atomic mass is 9.85. The highest BCUT2D eigenvalue weighted by Crippen LogP contribution is 2.38. The fraction of sp³-hybridized carbons (Fsp3) is 0.200. The smallest absolute Gasteiger partial charge is 0.281 e. The first-order valence-corrected chi connectivity index (χ1v) is 10.1. The molecule has 0 unspecified atom stereocenters. The number of hydrazone groups is 1. The van der Waals surface area contributed by atoms with E-state index in [1.807, 2.05) is 19.1 Å². The van der Waals surface area contributed by atoms with Crippen molar-refractivity contribution in [3.63, 3.8) is 0 Å². The number of aliphatic hydroxyl groups is 1. The molecule has 3 aromatic rings. The second kappa shape index (κ2) is 10.5. The Morgan fingerprint density at radius 2 is 1.47 bits per heavy atom. The average molecular weight is 434 g/mol. The Morgan fingerprint density at radius 1 is 0.969 bits per heavy atom. The summed E-state index contributed by atoms with van der Waals surface area (Å²) in [6.45, 7) is 2.32. The molecule has 0 aliphatic heterocycles. The van der Waals surface area contributed by atoms with Gasteiger partial charge < -0.3 is 19.3 Å². The summed E-state index contributed by atoms with van der Waals surface area (Å²) in [6.07, 6.45) is 1.44. The van der Waals surface area contributed by atoms with Crippen molar-refractivity contribution in [3.8, 4) is 17.2 Å². The van der Waals surface area contributed by atoms with Crippen LogP contribution in [-0.2, 0) is 10.4 Å². The number of benzene rings is 3. The van der Waals surface area contributed by atoms with Crippen LogP contribution >= 0.6 is 0 Å². The van der Waals surface area contributed by atoms with Crippen molar-refractivity contribution in [3.05, 3.63) is 89.5 Å². The molecule has 3 rings (SSSR count). The van der Waals surface area contributed by atoms with Crippen molar-refractivity contribution in [2.24, 2.45) is 5.10 Å². The minimum Gasteiger partial charge on any atom is -0.493 e. The van der Waals surface area contributed by atoms with E-state index in [0.29, 0.717) is 40.5 Å². The zero-order valence-corrected chi connectivity index (χ0v) is 18.2. The van der Waals surface area contributed by atoms with Gasteiger partial charge in [0.15, 0.2) is 17.1 Å². The van der Waals surface area contributed by atoms with Gasteiger partial charge in [-0.15, -0.1) is 0 Å². The van der Waals surface area contributed by atoms with Crippen LogP contribution < -0.4 is 19.6 Å². The molecule has 0 heterocycles. The highest BCUT2D eigenvalue weighted by atomic mass is 16.5. The monoisotopic (exact) mass is 434 g/mol. The molecule has 0 bridgehead atoms. The molecule has 0 fully saturated rings. The van der Waals surface area contributed by atoms with Crippen LogP contribution in [0.1, 0.15) is 23.6 Å². The second-order valence-electron chi connectivity index (χ2n) is 6.83. The molecule has 2 N–H and O–H groups in total. The van der Waals surface area contributed by atoms with E-state index in [2.05, 4.69) is 10.5 Å². The Labute approximate surface area is 187 Å². The number of hydrogen-bond donors (Lipinski definition) is 2. The first-order chi connectivity index (χ1) is 15.5. The van der Waals surface area contributed by atoms with Gasteiger partial charge in [-0.1, -0.05) is 60.7 Å². The summed E-state index contributed by atoms with van der Waals surface area (Å²) in [4.78, 5) is 13.1. The number of rotatable bonds is 9. The second-order valence-corrected chi connectivity index (χ2v) is 6.83. The summed E-state index contributed by atoms with van der Waals surface area (Å²) in [7, 11) is 3.06. The van der Waals surface area contributed by atoms with Gasteiger partial charge in [-0.3, -0.25) is 4.79 Å². The molecule has 0 aromatic heterocycles. The third kappa shape index (κ3) is 4.73. The van der Waals surface area contributed by atoms with Crippen LogP contribution in [0.5, 0.6) is 17.2 Å². The largest absolute Gasteiger partial charge is 0.493 e. The first kappa shape index (κ1) is 22.8. The van der Waals surface area contributed by atoms with Crippen molar-refractivity contribution >= 4 is 12.1 Å². The molecule has 0 aliphatic rings. The lowest BCUT2D eigenvalue weighted by Crippen LogP contribution is -2.43. The highest BCUT2D eigenvalue weighted by molar-refractivity contribution is 5.91. The molecule has 7 heteroatoms. The van der Waals surface area contributed by atoms with Crippen LogP contribution in [-0.4, -0.2) is 38.1 Å². The molecule has 0 saturated heterocycles. The molecule has 7 nitrogen and oxygen atoms in total. The lowest BCUT2D eigenvalue weighted by Gasteiger charge is -2.27. The minimum absolute atomic E-state index is 0.434. The van der Waals surface area contributed by atoms with E-state index in [4.69, 9.17) is 14.2 Å². The van der Waals surface area contributed by atoms with E-state index < -0.39 is 11.5 Å². The molecule has 0 radical (unpaired) electrons. The fourth-order valence-corrected chi connectivity index (χ4v) is 3.30. The van der Waals surface area contributed by atoms with Crippen LogP contribution in [0, 0.1) is 0 Å². The van der Waals surface area contributed by atoms with Gasteiger partial charge in [0, 0.05) is 5.56 Å². The maximum atomic E-state index is 13.1. The van der Waals surface area contributed by atoms with Crippen LogP contribution in [0.4, 0.5) is 0 Å². The van der Waals surface area contributed by atoms with Crippen LogP contribution in [0.3, 0.4) is 0 Å². The molecule has 32 heavy (non-hydrogen) atoms. The number of nitrogens with zero attached hydrogens (tertiary/aromatic N) is 1. The molecule has 0 saturated carbocycles. The predicted octanol–water partition coefficient (Wildman–Crippen LogP) is 3.49. The minimum atomic E-state index is -1.91. The van der Waals surface area contributed by atoms with Gasteiger partial charge in [-0.25, -0.2) is 5.43 Å². The molecule has 166 valence electrons. The Hall–Kier alpha value is -3.84. The molecule has 0 aliphatic carbocycles. The van der Waals surface area contributed by atoms with E-state index in [0.717, 1.165) is 0 Å². The fourth-order valence-electron chi connectivity index (χ4n) is 3.30. The van der Waals surface area contributed by atoms with Crippen molar-refractivity contribution in [2.45, 2.75) is 12.5 Å². The Morgan fingerprint density at radius 3 is 1.91 bits per heavy atom. The van der Waals surface area contributed by atoms with E-state index in [1.54, 1.807) is 60.7 Å². The van der Waals surface area contributed by atoms with Crippen molar-refractivity contribution < 1.29 is 24.1 Å². The first-order valence-electron chi connectivity index (χ1n) is 10.1. The Kier molecular flexibility index (Phi) is 7.46. The number of nitrogens with one attached hydrogen (secondary N) is 1. The van der Waals surface area contributed by atoms with Gasteiger partial charge >= 0.3 is 0 Å². The van der Waals surface area contributed by atoms with Crippen LogP contribution in [0.2, 0.25) is 0 Å². The van der Waals surface area contributed by atoms with Crippen molar-refractivity contribution in [1.82, 2.24) is 5.43 Å².